The van der Waals surface area contributed by atoms with Gasteiger partial charge in [0.15, 0.2) is 5.69 Å². The van der Waals surface area contributed by atoms with Crippen molar-refractivity contribution in [2.75, 3.05) is 13.6 Å². The first-order valence-electron chi connectivity index (χ1n) is 8.79. The maximum atomic E-state index is 13.9. The van der Waals surface area contributed by atoms with Gasteiger partial charge in [-0.3, -0.25) is 9.59 Å². The number of nitrogens with one attached hydrogen (secondary N) is 1. The summed E-state index contributed by atoms with van der Waals surface area (Å²) in [7, 11) is 1.54. The number of hydrogen-bond acceptors (Lipinski definition) is 4. The number of nitrogens with zero attached hydrogens (tertiary/aromatic N) is 4. The van der Waals surface area contributed by atoms with Crippen LogP contribution in [0.5, 0.6) is 0 Å². The molecular weight excluding hydrogens is 356 g/mol. The lowest BCUT2D eigenvalue weighted by Gasteiger charge is -2.34. The SMILES string of the molecule is CNC(=O)C1CCCCN1C(=O)c1nnn(Cc2ccc(F)cc2F)c1C. The number of likely N-dealkylation sites (N-methyl/N-ethyl adjacent to an activating group) is 1. The molecule has 1 aliphatic heterocycles. The standard InChI is InChI=1S/C18H21F2N5O2/c1-11-16(18(27)24-8-4-3-5-15(24)17(26)21-2)22-23-25(11)10-12-6-7-13(19)9-14(12)20/h6-7,9,15H,3-5,8,10H2,1-2H3,(H,21,26). The molecule has 7 nitrogen and oxygen atoms in total. The highest BCUT2D eigenvalue weighted by molar-refractivity contribution is 5.96. The van der Waals surface area contributed by atoms with Crippen molar-refractivity contribution in [3.8, 4) is 0 Å². The minimum atomic E-state index is -0.687. The molecule has 0 bridgehead atoms. The molecule has 144 valence electrons. The van der Waals surface area contributed by atoms with Gasteiger partial charge < -0.3 is 10.2 Å². The minimum absolute atomic E-state index is 0.0249. The lowest BCUT2D eigenvalue weighted by Crippen LogP contribution is -2.51. The third-order valence-corrected chi connectivity index (χ3v) is 4.83. The average molecular weight is 377 g/mol. The van der Waals surface area contributed by atoms with E-state index < -0.39 is 17.7 Å². The van der Waals surface area contributed by atoms with Gasteiger partial charge in [0, 0.05) is 25.2 Å². The van der Waals surface area contributed by atoms with Crippen molar-refractivity contribution in [3.63, 3.8) is 0 Å². The Kier molecular flexibility index (Phi) is 5.48. The number of carbonyl (C=O) groups is 2. The topological polar surface area (TPSA) is 80.1 Å². The molecule has 0 aliphatic carbocycles. The number of piperidine rings is 1. The van der Waals surface area contributed by atoms with Gasteiger partial charge >= 0.3 is 0 Å². The van der Waals surface area contributed by atoms with Crippen molar-refractivity contribution < 1.29 is 18.4 Å². The molecule has 27 heavy (non-hydrogen) atoms. The van der Waals surface area contributed by atoms with Crippen LogP contribution in [0.25, 0.3) is 0 Å². The lowest BCUT2D eigenvalue weighted by molar-refractivity contribution is -0.126. The van der Waals surface area contributed by atoms with Gasteiger partial charge in [0.05, 0.1) is 12.2 Å². The first-order chi connectivity index (χ1) is 12.9. The second kappa shape index (κ2) is 7.81. The fourth-order valence-corrected chi connectivity index (χ4v) is 3.27. The van der Waals surface area contributed by atoms with Gasteiger partial charge in [-0.2, -0.15) is 0 Å². The van der Waals surface area contributed by atoms with Crippen LogP contribution in [0.3, 0.4) is 0 Å². The van der Waals surface area contributed by atoms with E-state index in [2.05, 4.69) is 15.6 Å². The van der Waals surface area contributed by atoms with E-state index in [0.717, 1.165) is 18.9 Å². The molecule has 3 rings (SSSR count). The van der Waals surface area contributed by atoms with E-state index >= 15 is 0 Å². The smallest absolute Gasteiger partial charge is 0.277 e. The predicted molar refractivity (Wildman–Crippen MR) is 93.0 cm³/mol. The van der Waals surface area contributed by atoms with Crippen molar-refractivity contribution in [2.24, 2.45) is 0 Å². The highest BCUT2D eigenvalue weighted by atomic mass is 19.1. The molecule has 0 radical (unpaired) electrons. The van der Waals surface area contributed by atoms with Crippen LogP contribution in [0.4, 0.5) is 8.78 Å². The van der Waals surface area contributed by atoms with Crippen molar-refractivity contribution in [3.05, 3.63) is 46.8 Å². The summed E-state index contributed by atoms with van der Waals surface area (Å²) >= 11 is 0. The van der Waals surface area contributed by atoms with Crippen LogP contribution in [0, 0.1) is 18.6 Å². The molecule has 1 N–H and O–H groups in total. The molecule has 1 unspecified atom stereocenters. The molecule has 2 aromatic rings. The summed E-state index contributed by atoms with van der Waals surface area (Å²) in [5.41, 5.74) is 0.836. The monoisotopic (exact) mass is 377 g/mol. The molecule has 2 amide bonds. The molecule has 0 saturated carbocycles. The molecule has 1 aliphatic rings. The Bertz CT molecular complexity index is 867. The van der Waals surface area contributed by atoms with Crippen molar-refractivity contribution in [1.82, 2.24) is 25.2 Å². The van der Waals surface area contributed by atoms with Gasteiger partial charge in [-0.1, -0.05) is 11.3 Å². The van der Waals surface area contributed by atoms with E-state index in [9.17, 15) is 18.4 Å². The Morgan fingerprint density at radius 2 is 2.07 bits per heavy atom. The van der Waals surface area contributed by atoms with Crippen LogP contribution in [-0.4, -0.2) is 51.3 Å². The van der Waals surface area contributed by atoms with Gasteiger partial charge in [0.2, 0.25) is 5.91 Å². The van der Waals surface area contributed by atoms with Gasteiger partial charge in [-0.25, -0.2) is 13.5 Å². The normalized spacial score (nSPS) is 17.0. The summed E-state index contributed by atoms with van der Waals surface area (Å²) in [6.07, 6.45) is 2.28. The Morgan fingerprint density at radius 1 is 1.30 bits per heavy atom. The summed E-state index contributed by atoms with van der Waals surface area (Å²) in [4.78, 5) is 26.5. The zero-order valence-electron chi connectivity index (χ0n) is 15.2. The van der Waals surface area contributed by atoms with Crippen LogP contribution in [0.1, 0.15) is 41.0 Å². The van der Waals surface area contributed by atoms with Crippen LogP contribution in [0.2, 0.25) is 0 Å². The highest BCUT2D eigenvalue weighted by Gasteiger charge is 2.34. The highest BCUT2D eigenvalue weighted by Crippen LogP contribution is 2.21. The number of rotatable bonds is 4. The maximum Gasteiger partial charge on any atom is 0.277 e. The first kappa shape index (κ1) is 18.9. The van der Waals surface area contributed by atoms with E-state index in [4.69, 9.17) is 0 Å². The Labute approximate surface area is 155 Å². The Balaban J connectivity index is 1.83. The third-order valence-electron chi connectivity index (χ3n) is 4.83. The molecule has 1 fully saturated rings. The summed E-state index contributed by atoms with van der Waals surface area (Å²) in [6.45, 7) is 2.15. The van der Waals surface area contributed by atoms with Gasteiger partial charge in [-0.15, -0.1) is 5.10 Å². The fraction of sp³-hybridized carbons (Fsp3) is 0.444. The second-order valence-electron chi connectivity index (χ2n) is 6.54. The van der Waals surface area contributed by atoms with Gasteiger partial charge in [-0.05, 0) is 32.3 Å². The first-order valence-corrected chi connectivity index (χ1v) is 8.79. The minimum Gasteiger partial charge on any atom is -0.357 e. The molecule has 0 spiro atoms. The molecule has 1 atom stereocenters. The third kappa shape index (κ3) is 3.81. The molecule has 1 aromatic heterocycles. The van der Waals surface area contributed by atoms with Gasteiger partial charge in [0.25, 0.3) is 5.91 Å². The summed E-state index contributed by atoms with van der Waals surface area (Å²) in [5.74, 6) is -1.92. The number of aromatic nitrogens is 3. The van der Waals surface area contributed by atoms with E-state index in [-0.39, 0.29) is 29.6 Å². The summed E-state index contributed by atoms with van der Waals surface area (Å²) < 4.78 is 28.3. The zero-order valence-corrected chi connectivity index (χ0v) is 15.2. The van der Waals surface area contributed by atoms with Crippen molar-refractivity contribution >= 4 is 11.8 Å². The van der Waals surface area contributed by atoms with Crippen LogP contribution in [0.15, 0.2) is 18.2 Å². The molecule has 2 heterocycles. The summed E-state index contributed by atoms with van der Waals surface area (Å²) in [5, 5.41) is 10.5. The predicted octanol–water partition coefficient (Wildman–Crippen LogP) is 1.65. The molecular formula is C18H21F2N5O2. The molecule has 1 aromatic carbocycles. The number of carbonyl (C=O) groups excluding carboxylic acids is 2. The Morgan fingerprint density at radius 3 is 2.78 bits per heavy atom. The quantitative estimate of drug-likeness (QED) is 0.879. The average Bonchev–Trinajstić information content (AvgIpc) is 3.03. The van der Waals surface area contributed by atoms with E-state index in [1.165, 1.54) is 21.7 Å². The van der Waals surface area contributed by atoms with E-state index in [1.54, 1.807) is 14.0 Å². The summed E-state index contributed by atoms with van der Waals surface area (Å²) in [6, 6.07) is 2.77. The Hall–Kier alpha value is -2.84. The number of likely N-dealkylation sites (tertiary alicyclic amines) is 1. The van der Waals surface area contributed by atoms with E-state index in [1.807, 2.05) is 0 Å². The fourth-order valence-electron chi connectivity index (χ4n) is 3.27. The van der Waals surface area contributed by atoms with Crippen LogP contribution >= 0.6 is 0 Å². The van der Waals surface area contributed by atoms with Crippen molar-refractivity contribution in [1.29, 1.82) is 0 Å². The second-order valence-corrected chi connectivity index (χ2v) is 6.54. The molecule has 1 saturated heterocycles. The lowest BCUT2D eigenvalue weighted by atomic mass is 10.0. The zero-order chi connectivity index (χ0) is 19.6. The number of halogens is 2. The number of benzene rings is 1. The van der Waals surface area contributed by atoms with Crippen LogP contribution in [-0.2, 0) is 11.3 Å². The van der Waals surface area contributed by atoms with Crippen LogP contribution < -0.4 is 5.32 Å². The maximum absolute atomic E-state index is 13.9. The van der Waals surface area contributed by atoms with Gasteiger partial charge in [0.1, 0.15) is 17.7 Å². The number of amides is 2. The van der Waals surface area contributed by atoms with Crippen molar-refractivity contribution in [2.45, 2.75) is 38.8 Å². The van der Waals surface area contributed by atoms with E-state index in [0.29, 0.717) is 18.7 Å². The largest absolute Gasteiger partial charge is 0.357 e. The number of hydrogen-bond donors (Lipinski definition) is 1. The molecule has 9 heteroatoms.